The van der Waals surface area contributed by atoms with Crippen LogP contribution in [0.5, 0.6) is 11.5 Å². The summed E-state index contributed by atoms with van der Waals surface area (Å²) in [5.74, 6) is -2.12. The molecule has 3 aliphatic rings. The van der Waals surface area contributed by atoms with Crippen LogP contribution in [0.2, 0.25) is 0 Å². The molecule has 0 amide bonds. The predicted octanol–water partition coefficient (Wildman–Crippen LogP) is 3.69. The molecule has 2 saturated carbocycles. The maximum atomic E-state index is 12.3. The van der Waals surface area contributed by atoms with Crippen LogP contribution < -0.4 is 4.74 Å². The van der Waals surface area contributed by atoms with Crippen LogP contribution in [0.25, 0.3) is 10.8 Å². The van der Waals surface area contributed by atoms with Crippen molar-refractivity contribution in [3.8, 4) is 11.5 Å². The number of aromatic hydroxyl groups is 1. The van der Waals surface area contributed by atoms with Crippen LogP contribution in [-0.4, -0.2) is 78.2 Å². The number of fused-ring (bicyclic) bond motifs is 4. The van der Waals surface area contributed by atoms with Crippen LogP contribution in [-0.2, 0) is 4.74 Å². The van der Waals surface area contributed by atoms with Crippen LogP contribution in [0.1, 0.15) is 92.0 Å². The lowest BCUT2D eigenvalue weighted by atomic mass is 9.53. The van der Waals surface area contributed by atoms with E-state index >= 15 is 0 Å². The van der Waals surface area contributed by atoms with Gasteiger partial charge in [0.15, 0.2) is 5.78 Å². The van der Waals surface area contributed by atoms with Gasteiger partial charge in [0, 0.05) is 0 Å². The molecule has 1 saturated heterocycles. The quantitative estimate of drug-likeness (QED) is 0.263. The monoisotopic (exact) mass is 586 g/mol. The van der Waals surface area contributed by atoms with E-state index in [9.17, 15) is 40.2 Å². The summed E-state index contributed by atoms with van der Waals surface area (Å²) in [6.07, 6.45) is -1.93. The van der Waals surface area contributed by atoms with E-state index < -0.39 is 53.3 Å². The number of hydrogen-bond donors (Lipinski definition) is 6. The fraction of sp³-hybridized carbons (Fsp3) is 0.625. The second kappa shape index (κ2) is 11.1. The van der Waals surface area contributed by atoms with Crippen molar-refractivity contribution in [2.45, 2.75) is 108 Å². The van der Waals surface area contributed by atoms with Gasteiger partial charge in [-0.05, 0) is 80.4 Å². The Kier molecular flexibility index (Phi) is 8.08. The van der Waals surface area contributed by atoms with Crippen molar-refractivity contribution in [1.29, 1.82) is 0 Å². The molecule has 10 heteroatoms. The van der Waals surface area contributed by atoms with Gasteiger partial charge in [-0.2, -0.15) is 0 Å². The average Bonchev–Trinajstić information content (AvgIpc) is 2.90. The number of carbonyl (C=O) groups excluding carboxylic acids is 1. The zero-order valence-corrected chi connectivity index (χ0v) is 24.5. The minimum absolute atomic E-state index is 0.0357. The first-order chi connectivity index (χ1) is 19.7. The summed E-state index contributed by atoms with van der Waals surface area (Å²) in [7, 11) is 0. The number of hydrogen-bond acceptors (Lipinski definition) is 9. The summed E-state index contributed by atoms with van der Waals surface area (Å²) < 4.78 is 12.2. The third kappa shape index (κ3) is 4.97. The summed E-state index contributed by atoms with van der Waals surface area (Å²) in [6, 6.07) is 4.04. The Morgan fingerprint density at radius 2 is 1.83 bits per heavy atom. The number of carboxylic acids is 1. The highest BCUT2D eigenvalue weighted by atomic mass is 16.7. The standard InChI is InChI=1S/C32H42O10/c1-15(2)8-9-18-14-32(40)27(36)26(35)29(42-30(32)31(39)10-6-5-7-21(18)31)41-22-13-20(28(37)38)12-19-11-16(3)23(17(4)33)25(34)24(19)22/h11-13,15,18,21,26-27,29-30,34-36,39-40H,5-10,14H2,1-4H3,(H,37,38). The number of aliphatic hydroxyl groups is 4. The Bertz CT molecular complexity index is 1380. The van der Waals surface area contributed by atoms with Crippen LogP contribution in [0, 0.1) is 24.7 Å². The lowest BCUT2D eigenvalue weighted by molar-refractivity contribution is -0.368. The summed E-state index contributed by atoms with van der Waals surface area (Å²) in [6.45, 7) is 7.14. The topological polar surface area (TPSA) is 174 Å². The van der Waals surface area contributed by atoms with E-state index in [4.69, 9.17) is 9.47 Å². The van der Waals surface area contributed by atoms with Gasteiger partial charge in [0.05, 0.1) is 22.1 Å². The number of aryl methyl sites for hydroxylation is 1. The van der Waals surface area contributed by atoms with Gasteiger partial charge in [0.1, 0.15) is 35.4 Å². The van der Waals surface area contributed by atoms with Gasteiger partial charge in [-0.3, -0.25) is 4.79 Å². The summed E-state index contributed by atoms with van der Waals surface area (Å²) in [4.78, 5) is 24.3. The molecule has 1 aliphatic heterocycles. The molecule has 0 bridgehead atoms. The van der Waals surface area contributed by atoms with Crippen molar-refractivity contribution in [3.63, 3.8) is 0 Å². The van der Waals surface area contributed by atoms with Crippen LogP contribution >= 0.6 is 0 Å². The van der Waals surface area contributed by atoms with Crippen molar-refractivity contribution in [2.24, 2.45) is 17.8 Å². The Hall–Kier alpha value is -2.76. The van der Waals surface area contributed by atoms with Crippen molar-refractivity contribution in [2.75, 3.05) is 0 Å². The molecule has 5 rings (SSSR count). The minimum atomic E-state index is -1.95. The number of ketones is 1. The summed E-state index contributed by atoms with van der Waals surface area (Å²) >= 11 is 0. The summed E-state index contributed by atoms with van der Waals surface area (Å²) in [5.41, 5.74) is -3.13. The number of aliphatic hydroxyl groups excluding tert-OH is 2. The smallest absolute Gasteiger partial charge is 0.335 e. The Morgan fingerprint density at radius 1 is 1.12 bits per heavy atom. The van der Waals surface area contributed by atoms with Gasteiger partial charge in [0.2, 0.25) is 6.29 Å². The van der Waals surface area contributed by atoms with E-state index in [2.05, 4.69) is 13.8 Å². The number of Topliss-reactive ketones (excluding diaryl/α,β-unsaturated/α-hetero) is 1. The predicted molar refractivity (Wildman–Crippen MR) is 153 cm³/mol. The molecule has 0 aromatic heterocycles. The first kappa shape index (κ1) is 30.7. The fourth-order valence-electron chi connectivity index (χ4n) is 7.81. The number of benzene rings is 2. The average molecular weight is 587 g/mol. The zero-order valence-electron chi connectivity index (χ0n) is 24.5. The van der Waals surface area contributed by atoms with Crippen LogP contribution in [0.3, 0.4) is 0 Å². The largest absolute Gasteiger partial charge is 0.506 e. The van der Waals surface area contributed by atoms with Crippen LogP contribution in [0.15, 0.2) is 18.2 Å². The van der Waals surface area contributed by atoms with E-state index in [1.165, 1.54) is 13.0 Å². The maximum absolute atomic E-state index is 12.3. The number of carbonyl (C=O) groups is 2. The molecule has 3 fully saturated rings. The van der Waals surface area contributed by atoms with Gasteiger partial charge >= 0.3 is 5.97 Å². The Balaban J connectivity index is 1.57. The lowest BCUT2D eigenvalue weighted by Gasteiger charge is -2.62. The molecule has 1 heterocycles. The van der Waals surface area contributed by atoms with E-state index in [0.29, 0.717) is 24.3 Å². The number of ether oxygens (including phenoxy) is 2. The van der Waals surface area contributed by atoms with Crippen molar-refractivity contribution < 1.29 is 49.7 Å². The number of carboxylic acid groups (broad SMARTS) is 1. The third-order valence-electron chi connectivity index (χ3n) is 9.77. The fourth-order valence-corrected chi connectivity index (χ4v) is 7.81. The zero-order chi connectivity index (χ0) is 30.7. The molecule has 2 aromatic carbocycles. The third-order valence-corrected chi connectivity index (χ3v) is 9.77. The summed E-state index contributed by atoms with van der Waals surface area (Å²) in [5, 5.41) is 67.8. The highest BCUT2D eigenvalue weighted by Crippen LogP contribution is 2.56. The maximum Gasteiger partial charge on any atom is 0.335 e. The Morgan fingerprint density at radius 3 is 2.48 bits per heavy atom. The van der Waals surface area contributed by atoms with Gasteiger partial charge in [-0.15, -0.1) is 0 Å². The molecule has 8 unspecified atom stereocenters. The van der Waals surface area contributed by atoms with Gasteiger partial charge in [-0.25, -0.2) is 4.79 Å². The lowest BCUT2D eigenvalue weighted by Crippen LogP contribution is -2.77. The molecule has 6 N–H and O–H groups in total. The minimum Gasteiger partial charge on any atom is -0.506 e. The molecule has 230 valence electrons. The van der Waals surface area contributed by atoms with E-state index in [0.717, 1.165) is 31.7 Å². The van der Waals surface area contributed by atoms with Gasteiger partial charge < -0.3 is 40.1 Å². The molecule has 42 heavy (non-hydrogen) atoms. The first-order valence-electron chi connectivity index (χ1n) is 14.9. The second-order valence-corrected chi connectivity index (χ2v) is 13.1. The molecule has 8 atom stereocenters. The van der Waals surface area contributed by atoms with Crippen molar-refractivity contribution in [3.05, 3.63) is 34.9 Å². The number of rotatable bonds is 7. The van der Waals surface area contributed by atoms with Gasteiger partial charge in [-0.1, -0.05) is 39.2 Å². The molecule has 2 aromatic rings. The number of phenols is 1. The molecule has 2 aliphatic carbocycles. The molecule has 0 spiro atoms. The second-order valence-electron chi connectivity index (χ2n) is 13.1. The number of aromatic carboxylic acids is 1. The van der Waals surface area contributed by atoms with E-state index in [1.54, 1.807) is 13.0 Å². The van der Waals surface area contributed by atoms with E-state index in [-0.39, 0.29) is 45.9 Å². The highest BCUT2D eigenvalue weighted by molar-refractivity contribution is 6.08. The SMILES string of the molecule is CC(=O)c1c(C)cc2cc(C(=O)O)cc(OC3OC4C(O)(CC(CCC(C)C)C5CCCCC54O)C(O)C3O)c2c1O. The van der Waals surface area contributed by atoms with Gasteiger partial charge in [0.25, 0.3) is 0 Å². The molecule has 10 nitrogen and oxygen atoms in total. The molecular formula is C32H42O10. The van der Waals surface area contributed by atoms with Crippen molar-refractivity contribution >= 4 is 22.5 Å². The van der Waals surface area contributed by atoms with Crippen LogP contribution in [0.4, 0.5) is 0 Å². The highest BCUT2D eigenvalue weighted by Gasteiger charge is 2.68. The molecule has 0 radical (unpaired) electrons. The first-order valence-corrected chi connectivity index (χ1v) is 14.9. The van der Waals surface area contributed by atoms with E-state index in [1.807, 2.05) is 0 Å². The van der Waals surface area contributed by atoms with Crippen molar-refractivity contribution in [1.82, 2.24) is 0 Å². The molecular weight excluding hydrogens is 544 g/mol. The number of phenolic OH excluding ortho intramolecular Hbond substituents is 1. The Labute approximate surface area is 244 Å². The normalized spacial score (nSPS) is 34.6.